The van der Waals surface area contributed by atoms with Gasteiger partial charge in [0.2, 0.25) is 0 Å². The van der Waals surface area contributed by atoms with Crippen LogP contribution in [0.4, 0.5) is 0 Å². The van der Waals surface area contributed by atoms with Gasteiger partial charge in [-0.15, -0.1) is 0 Å². The third-order valence-corrected chi connectivity index (χ3v) is 3.25. The summed E-state index contributed by atoms with van der Waals surface area (Å²) < 4.78 is 0. The molecule has 78 valence electrons. The summed E-state index contributed by atoms with van der Waals surface area (Å²) >= 11 is 0. The molecule has 1 aliphatic rings. The van der Waals surface area contributed by atoms with Gasteiger partial charge in [-0.05, 0) is 31.5 Å². The van der Waals surface area contributed by atoms with E-state index in [0.717, 1.165) is 31.5 Å². The van der Waals surface area contributed by atoms with E-state index in [1.807, 2.05) is 23.1 Å². The van der Waals surface area contributed by atoms with Crippen LogP contribution in [0.1, 0.15) is 18.4 Å². The largest absolute Gasteiger partial charge is 0.459 e. The first-order valence-electron chi connectivity index (χ1n) is 5.29. The molecule has 0 spiro atoms. The molecular weight excluding hydrogens is 184 g/mol. The number of hydrogen-bond acceptors (Lipinski definition) is 2. The predicted octanol–water partition coefficient (Wildman–Crippen LogP) is 2.34. The molecule has 2 heteroatoms. The Kier molecular flexibility index (Phi) is 2.75. The van der Waals surface area contributed by atoms with Gasteiger partial charge in [0.15, 0.2) is 0 Å². The number of hydrogen-bond donors (Lipinski definition) is 0. The summed E-state index contributed by atoms with van der Waals surface area (Å²) in [7, 11) is 3.91. The van der Waals surface area contributed by atoms with Crippen molar-refractivity contribution in [3.63, 3.8) is 0 Å². The second-order valence-electron chi connectivity index (χ2n) is 4.18. The van der Waals surface area contributed by atoms with Crippen LogP contribution in [0.25, 0.3) is 0 Å². The first-order valence-corrected chi connectivity index (χ1v) is 5.29. The first kappa shape index (κ1) is 10.2. The van der Waals surface area contributed by atoms with E-state index in [2.05, 4.69) is 25.2 Å². The summed E-state index contributed by atoms with van der Waals surface area (Å²) in [5.41, 5.74) is 0.871. The van der Waals surface area contributed by atoms with Gasteiger partial charge in [0.1, 0.15) is 0 Å². The van der Waals surface area contributed by atoms with Crippen molar-refractivity contribution in [3.05, 3.63) is 42.9 Å². The second-order valence-corrected chi connectivity index (χ2v) is 4.18. The SMILES string of the molecule is [CH2-]N1CCC(C#N)(c2ccccc2)CC1. The summed E-state index contributed by atoms with van der Waals surface area (Å²) in [6.45, 7) is 1.81. The summed E-state index contributed by atoms with van der Waals surface area (Å²) in [6, 6.07) is 12.6. The molecule has 0 saturated carbocycles. The summed E-state index contributed by atoms with van der Waals surface area (Å²) in [5.74, 6) is 0. The molecular formula is C13H15N2-. The minimum atomic E-state index is -0.282. The molecule has 2 nitrogen and oxygen atoms in total. The van der Waals surface area contributed by atoms with Crippen molar-refractivity contribution in [1.82, 2.24) is 4.90 Å². The monoisotopic (exact) mass is 199 g/mol. The van der Waals surface area contributed by atoms with E-state index in [9.17, 15) is 5.26 Å². The van der Waals surface area contributed by atoms with Gasteiger partial charge in [0, 0.05) is 0 Å². The highest BCUT2D eigenvalue weighted by Crippen LogP contribution is 2.34. The van der Waals surface area contributed by atoms with Crippen LogP contribution in [-0.4, -0.2) is 18.0 Å². The minimum absolute atomic E-state index is 0.282. The molecule has 15 heavy (non-hydrogen) atoms. The zero-order valence-corrected chi connectivity index (χ0v) is 8.82. The smallest absolute Gasteiger partial charge is 0.0844 e. The van der Waals surface area contributed by atoms with Crippen molar-refractivity contribution in [3.8, 4) is 6.07 Å². The fourth-order valence-corrected chi connectivity index (χ4v) is 2.16. The lowest BCUT2D eigenvalue weighted by Gasteiger charge is -2.39. The van der Waals surface area contributed by atoms with Crippen LogP contribution in [0.5, 0.6) is 0 Å². The topological polar surface area (TPSA) is 27.0 Å². The maximum absolute atomic E-state index is 9.39. The van der Waals surface area contributed by atoms with Crippen LogP contribution in [0.15, 0.2) is 30.3 Å². The van der Waals surface area contributed by atoms with Crippen LogP contribution in [0.2, 0.25) is 0 Å². The molecule has 1 heterocycles. The van der Waals surface area contributed by atoms with Crippen molar-refractivity contribution < 1.29 is 0 Å². The molecule has 2 rings (SSSR count). The second kappa shape index (κ2) is 4.04. The van der Waals surface area contributed by atoms with Crippen molar-refractivity contribution in [2.75, 3.05) is 13.1 Å². The lowest BCUT2D eigenvalue weighted by atomic mass is 9.74. The predicted molar refractivity (Wildman–Crippen MR) is 59.9 cm³/mol. The van der Waals surface area contributed by atoms with Gasteiger partial charge in [0.25, 0.3) is 0 Å². The lowest BCUT2D eigenvalue weighted by Crippen LogP contribution is -2.39. The lowest BCUT2D eigenvalue weighted by molar-refractivity contribution is 0.243. The number of likely N-dealkylation sites (tertiary alicyclic amines) is 1. The highest BCUT2D eigenvalue weighted by atomic mass is 15.1. The van der Waals surface area contributed by atoms with Crippen LogP contribution in [0.3, 0.4) is 0 Å². The van der Waals surface area contributed by atoms with Gasteiger partial charge < -0.3 is 4.90 Å². The maximum Gasteiger partial charge on any atom is 0.0844 e. The van der Waals surface area contributed by atoms with Crippen molar-refractivity contribution in [2.45, 2.75) is 18.3 Å². The maximum atomic E-state index is 9.39. The number of nitrogens with zero attached hydrogens (tertiary/aromatic N) is 2. The van der Waals surface area contributed by atoms with E-state index in [4.69, 9.17) is 0 Å². The van der Waals surface area contributed by atoms with Gasteiger partial charge >= 0.3 is 0 Å². The molecule has 1 aromatic carbocycles. The molecule has 0 atom stereocenters. The minimum Gasteiger partial charge on any atom is -0.459 e. The Bertz CT molecular complexity index is 356. The highest BCUT2D eigenvalue weighted by molar-refractivity contribution is 5.33. The number of nitriles is 1. The van der Waals surface area contributed by atoms with Crippen LogP contribution in [-0.2, 0) is 5.41 Å². The van der Waals surface area contributed by atoms with E-state index >= 15 is 0 Å². The van der Waals surface area contributed by atoms with Crippen molar-refractivity contribution >= 4 is 0 Å². The number of piperidine rings is 1. The average molecular weight is 199 g/mol. The Labute approximate surface area is 91.1 Å². The molecule has 0 radical (unpaired) electrons. The Morgan fingerprint density at radius 1 is 1.20 bits per heavy atom. The van der Waals surface area contributed by atoms with Crippen LogP contribution in [0, 0.1) is 18.4 Å². The first-order chi connectivity index (χ1) is 7.27. The van der Waals surface area contributed by atoms with E-state index in [0.29, 0.717) is 0 Å². The molecule has 0 aliphatic carbocycles. The molecule has 0 unspecified atom stereocenters. The summed E-state index contributed by atoms with van der Waals surface area (Å²) in [6.07, 6.45) is 1.77. The number of rotatable bonds is 1. The van der Waals surface area contributed by atoms with Crippen LogP contribution < -0.4 is 0 Å². The normalized spacial score (nSPS) is 20.8. The average Bonchev–Trinajstić information content (AvgIpc) is 2.32. The van der Waals surface area contributed by atoms with Gasteiger partial charge in [-0.3, -0.25) is 7.05 Å². The Morgan fingerprint density at radius 3 is 2.33 bits per heavy atom. The number of benzene rings is 1. The fraction of sp³-hybridized carbons (Fsp3) is 0.385. The zero-order chi connectivity index (χ0) is 10.7. The highest BCUT2D eigenvalue weighted by Gasteiger charge is 2.33. The van der Waals surface area contributed by atoms with Gasteiger partial charge in [-0.25, -0.2) is 0 Å². The van der Waals surface area contributed by atoms with Crippen molar-refractivity contribution in [2.24, 2.45) is 0 Å². The molecule has 0 bridgehead atoms. The standard InChI is InChI=1S/C13H15N2/c1-15-9-7-13(11-14,8-10-15)12-5-3-2-4-6-12/h2-6H,1,7-10H2/q-1. The Morgan fingerprint density at radius 2 is 1.80 bits per heavy atom. The Balaban J connectivity index is 2.28. The van der Waals surface area contributed by atoms with Crippen LogP contribution >= 0.6 is 0 Å². The summed E-state index contributed by atoms with van der Waals surface area (Å²) in [5, 5.41) is 9.39. The quantitative estimate of drug-likeness (QED) is 0.649. The zero-order valence-electron chi connectivity index (χ0n) is 8.82. The molecule has 1 aliphatic heterocycles. The van der Waals surface area contributed by atoms with E-state index in [1.54, 1.807) is 0 Å². The van der Waals surface area contributed by atoms with E-state index in [1.165, 1.54) is 0 Å². The molecule has 0 aromatic heterocycles. The van der Waals surface area contributed by atoms with Gasteiger partial charge in [-0.2, -0.15) is 5.26 Å². The molecule has 0 amide bonds. The van der Waals surface area contributed by atoms with E-state index < -0.39 is 0 Å². The summed E-state index contributed by atoms with van der Waals surface area (Å²) in [4.78, 5) is 2.04. The van der Waals surface area contributed by atoms with Gasteiger partial charge in [-0.1, -0.05) is 30.3 Å². The van der Waals surface area contributed by atoms with E-state index in [-0.39, 0.29) is 5.41 Å². The van der Waals surface area contributed by atoms with Gasteiger partial charge in [0.05, 0.1) is 11.5 Å². The Hall–Kier alpha value is -1.33. The molecule has 0 N–H and O–H groups in total. The molecule has 1 saturated heterocycles. The molecule has 1 fully saturated rings. The fourth-order valence-electron chi connectivity index (χ4n) is 2.16. The third kappa shape index (κ3) is 1.88. The third-order valence-electron chi connectivity index (χ3n) is 3.25. The molecule has 1 aromatic rings. The van der Waals surface area contributed by atoms with Crippen molar-refractivity contribution in [1.29, 1.82) is 5.26 Å².